The zero-order valence-electron chi connectivity index (χ0n) is 10.5. The van der Waals surface area contributed by atoms with E-state index in [4.69, 9.17) is 17.3 Å². The third kappa shape index (κ3) is 2.31. The van der Waals surface area contributed by atoms with Crippen LogP contribution >= 0.6 is 11.6 Å². The molecule has 2 N–H and O–H groups in total. The first-order valence-corrected chi connectivity index (χ1v) is 6.24. The smallest absolute Gasteiger partial charge is 0.189 e. The van der Waals surface area contributed by atoms with E-state index in [9.17, 15) is 8.78 Å². The average molecular weight is 308 g/mol. The van der Waals surface area contributed by atoms with E-state index in [1.165, 1.54) is 24.3 Å². The summed E-state index contributed by atoms with van der Waals surface area (Å²) in [6.45, 7) is 0. The van der Waals surface area contributed by atoms with Gasteiger partial charge >= 0.3 is 0 Å². The predicted octanol–water partition coefficient (Wildman–Crippen LogP) is 2.84. The van der Waals surface area contributed by atoms with E-state index < -0.39 is 11.6 Å². The molecule has 1 aromatic heterocycles. The Kier molecular flexibility index (Phi) is 3.26. The van der Waals surface area contributed by atoms with Crippen molar-refractivity contribution in [2.45, 2.75) is 0 Å². The Morgan fingerprint density at radius 1 is 1.14 bits per heavy atom. The van der Waals surface area contributed by atoms with Crippen molar-refractivity contribution >= 4 is 17.3 Å². The number of nitrogen functional groups attached to an aromatic ring is 1. The quantitative estimate of drug-likeness (QED) is 0.739. The molecular weight excluding hydrogens is 300 g/mol. The molecule has 0 unspecified atom stereocenters. The van der Waals surface area contributed by atoms with Crippen LogP contribution in [-0.4, -0.2) is 20.2 Å². The fraction of sp³-hybridized carbons (Fsp3) is 0. The maximum atomic E-state index is 14.1. The first-order chi connectivity index (χ1) is 10.1. The SMILES string of the molecule is Nc1cc(F)ccc1-c1nnnn1-c1cccc(Cl)c1F. The van der Waals surface area contributed by atoms with Crippen LogP contribution in [0.1, 0.15) is 0 Å². The molecule has 0 amide bonds. The van der Waals surface area contributed by atoms with Crippen LogP contribution in [0.4, 0.5) is 14.5 Å². The van der Waals surface area contributed by atoms with Crippen molar-refractivity contribution in [2.24, 2.45) is 0 Å². The lowest BCUT2D eigenvalue weighted by molar-refractivity contribution is 0.608. The first kappa shape index (κ1) is 13.4. The molecule has 0 bridgehead atoms. The molecule has 0 saturated carbocycles. The maximum Gasteiger partial charge on any atom is 0.189 e. The fourth-order valence-corrected chi connectivity index (χ4v) is 2.08. The summed E-state index contributed by atoms with van der Waals surface area (Å²) in [5.41, 5.74) is 6.37. The van der Waals surface area contributed by atoms with E-state index in [1.807, 2.05) is 0 Å². The van der Waals surface area contributed by atoms with Gasteiger partial charge in [-0.1, -0.05) is 17.7 Å². The molecule has 3 rings (SSSR count). The number of benzene rings is 2. The summed E-state index contributed by atoms with van der Waals surface area (Å²) in [5.74, 6) is -0.953. The highest BCUT2D eigenvalue weighted by atomic mass is 35.5. The second-order valence-electron chi connectivity index (χ2n) is 4.22. The Morgan fingerprint density at radius 3 is 2.71 bits per heavy atom. The van der Waals surface area contributed by atoms with Crippen LogP contribution in [0.3, 0.4) is 0 Å². The summed E-state index contributed by atoms with van der Waals surface area (Å²) in [4.78, 5) is 0. The Balaban J connectivity index is 2.20. The number of rotatable bonds is 2. The van der Waals surface area contributed by atoms with Crippen LogP contribution in [0.15, 0.2) is 36.4 Å². The summed E-state index contributed by atoms with van der Waals surface area (Å²) < 4.78 is 28.4. The van der Waals surface area contributed by atoms with Gasteiger partial charge in [-0.05, 0) is 40.8 Å². The largest absolute Gasteiger partial charge is 0.398 e. The molecule has 21 heavy (non-hydrogen) atoms. The third-order valence-corrected chi connectivity index (χ3v) is 3.18. The summed E-state index contributed by atoms with van der Waals surface area (Å²) in [6, 6.07) is 8.24. The second-order valence-corrected chi connectivity index (χ2v) is 4.63. The maximum absolute atomic E-state index is 14.1. The van der Waals surface area contributed by atoms with E-state index in [0.29, 0.717) is 5.56 Å². The Hall–Kier alpha value is -2.54. The second kappa shape index (κ2) is 5.10. The van der Waals surface area contributed by atoms with E-state index in [1.54, 1.807) is 6.07 Å². The molecule has 3 aromatic rings. The molecule has 5 nitrogen and oxygen atoms in total. The lowest BCUT2D eigenvalue weighted by Crippen LogP contribution is -2.04. The van der Waals surface area contributed by atoms with Gasteiger partial charge in [0.15, 0.2) is 11.6 Å². The minimum Gasteiger partial charge on any atom is -0.398 e. The molecule has 2 aromatic carbocycles. The molecule has 0 atom stereocenters. The van der Waals surface area contributed by atoms with Crippen molar-refractivity contribution in [3.05, 3.63) is 53.1 Å². The predicted molar refractivity (Wildman–Crippen MR) is 73.9 cm³/mol. The van der Waals surface area contributed by atoms with Crippen LogP contribution in [0.2, 0.25) is 5.02 Å². The molecule has 8 heteroatoms. The molecule has 0 radical (unpaired) electrons. The van der Waals surface area contributed by atoms with Gasteiger partial charge in [0.25, 0.3) is 0 Å². The number of hydrogen-bond donors (Lipinski definition) is 1. The van der Waals surface area contributed by atoms with E-state index in [2.05, 4.69) is 15.5 Å². The highest BCUT2D eigenvalue weighted by Crippen LogP contribution is 2.28. The van der Waals surface area contributed by atoms with Crippen LogP contribution in [0, 0.1) is 11.6 Å². The molecule has 0 aliphatic rings. The first-order valence-electron chi connectivity index (χ1n) is 5.86. The van der Waals surface area contributed by atoms with E-state index in [0.717, 1.165) is 10.7 Å². The number of hydrogen-bond acceptors (Lipinski definition) is 4. The van der Waals surface area contributed by atoms with Crippen molar-refractivity contribution in [1.29, 1.82) is 0 Å². The van der Waals surface area contributed by atoms with Gasteiger partial charge in [0.2, 0.25) is 0 Å². The van der Waals surface area contributed by atoms with Crippen LogP contribution < -0.4 is 5.73 Å². The average Bonchev–Trinajstić information content (AvgIpc) is 2.91. The summed E-state index contributed by atoms with van der Waals surface area (Å²) in [7, 11) is 0. The Labute approximate surface area is 123 Å². The standard InChI is InChI=1S/C13H8ClF2N5/c14-9-2-1-3-11(12(9)16)21-13(18-19-20-21)8-5-4-7(15)6-10(8)17/h1-6H,17H2. The molecule has 0 aliphatic carbocycles. The molecule has 0 fully saturated rings. The Bertz CT molecular complexity index is 818. The number of tetrazole rings is 1. The van der Waals surface area contributed by atoms with Gasteiger partial charge in [-0.25, -0.2) is 8.78 Å². The Morgan fingerprint density at radius 2 is 1.95 bits per heavy atom. The number of nitrogens with two attached hydrogens (primary N) is 1. The zero-order chi connectivity index (χ0) is 15.0. The minimum atomic E-state index is -0.659. The number of halogens is 3. The van der Waals surface area contributed by atoms with E-state index >= 15 is 0 Å². The van der Waals surface area contributed by atoms with Gasteiger partial charge in [-0.2, -0.15) is 4.68 Å². The van der Waals surface area contributed by atoms with Crippen LogP contribution in [-0.2, 0) is 0 Å². The lowest BCUT2D eigenvalue weighted by Gasteiger charge is -2.08. The summed E-state index contributed by atoms with van der Waals surface area (Å²) in [6.07, 6.45) is 0. The molecule has 106 valence electrons. The highest BCUT2D eigenvalue weighted by Gasteiger charge is 2.17. The summed E-state index contributed by atoms with van der Waals surface area (Å²) >= 11 is 5.75. The van der Waals surface area contributed by atoms with Crippen LogP contribution in [0.5, 0.6) is 0 Å². The van der Waals surface area contributed by atoms with Crippen LogP contribution in [0.25, 0.3) is 17.1 Å². The van der Waals surface area contributed by atoms with Gasteiger partial charge < -0.3 is 5.73 Å². The van der Waals surface area contributed by atoms with Gasteiger partial charge in [0, 0.05) is 11.3 Å². The topological polar surface area (TPSA) is 69.6 Å². The monoisotopic (exact) mass is 307 g/mol. The van der Waals surface area contributed by atoms with Crippen molar-refractivity contribution in [2.75, 3.05) is 5.73 Å². The van der Waals surface area contributed by atoms with Gasteiger partial charge in [0.1, 0.15) is 11.5 Å². The molecule has 0 spiro atoms. The molecule has 0 aliphatic heterocycles. The zero-order valence-corrected chi connectivity index (χ0v) is 11.2. The van der Waals surface area contributed by atoms with Crippen molar-refractivity contribution in [1.82, 2.24) is 20.2 Å². The van der Waals surface area contributed by atoms with Gasteiger partial charge in [0.05, 0.1) is 5.02 Å². The molecule has 1 heterocycles. The normalized spacial score (nSPS) is 10.8. The van der Waals surface area contributed by atoms with Gasteiger partial charge in [-0.15, -0.1) is 5.10 Å². The minimum absolute atomic E-state index is 0.0546. The molecule has 0 saturated heterocycles. The highest BCUT2D eigenvalue weighted by molar-refractivity contribution is 6.30. The van der Waals surface area contributed by atoms with Crippen molar-refractivity contribution in [3.63, 3.8) is 0 Å². The fourth-order valence-electron chi connectivity index (χ4n) is 1.91. The van der Waals surface area contributed by atoms with Gasteiger partial charge in [-0.3, -0.25) is 0 Å². The summed E-state index contributed by atoms with van der Waals surface area (Å²) in [5, 5.41) is 11.0. The van der Waals surface area contributed by atoms with Crippen molar-refractivity contribution in [3.8, 4) is 17.1 Å². The van der Waals surface area contributed by atoms with E-state index in [-0.39, 0.29) is 22.2 Å². The van der Waals surface area contributed by atoms with Crippen molar-refractivity contribution < 1.29 is 8.78 Å². The lowest BCUT2D eigenvalue weighted by atomic mass is 10.1. The number of aromatic nitrogens is 4. The number of nitrogens with zero attached hydrogens (tertiary/aromatic N) is 4. The number of anilines is 1. The molecular formula is C13H8ClF2N5. The third-order valence-electron chi connectivity index (χ3n) is 2.88.